The van der Waals surface area contributed by atoms with Crippen LogP contribution in [0.5, 0.6) is 0 Å². The van der Waals surface area contributed by atoms with Crippen molar-refractivity contribution in [1.82, 2.24) is 4.98 Å². The van der Waals surface area contributed by atoms with Gasteiger partial charge in [-0.2, -0.15) is 0 Å². The van der Waals surface area contributed by atoms with Crippen LogP contribution in [0.15, 0.2) is 41.3 Å². The van der Waals surface area contributed by atoms with E-state index in [9.17, 15) is 9.18 Å². The molecule has 0 aliphatic carbocycles. The monoisotopic (exact) mass is 204 g/mol. The van der Waals surface area contributed by atoms with Gasteiger partial charge in [0.15, 0.2) is 0 Å². The van der Waals surface area contributed by atoms with Crippen LogP contribution >= 0.6 is 0 Å². The number of nitrogens with one attached hydrogen (secondary N) is 1. The number of hydrogen-bond donors (Lipinski definition) is 2. The zero-order chi connectivity index (χ0) is 10.8. The lowest BCUT2D eigenvalue weighted by atomic mass is 10.1. The molecule has 76 valence electrons. The van der Waals surface area contributed by atoms with Gasteiger partial charge in [-0.3, -0.25) is 4.79 Å². The summed E-state index contributed by atoms with van der Waals surface area (Å²) < 4.78 is 13.5. The molecule has 4 heteroatoms. The van der Waals surface area contributed by atoms with Crippen molar-refractivity contribution in [2.75, 3.05) is 5.73 Å². The Morgan fingerprint density at radius 1 is 1.20 bits per heavy atom. The Hall–Kier alpha value is -2.10. The summed E-state index contributed by atoms with van der Waals surface area (Å²) in [6.07, 6.45) is 1.49. The minimum Gasteiger partial charge on any atom is -0.398 e. The number of nitrogens with two attached hydrogens (primary N) is 1. The first-order valence-electron chi connectivity index (χ1n) is 4.42. The van der Waals surface area contributed by atoms with Crippen molar-refractivity contribution in [2.24, 2.45) is 0 Å². The first-order chi connectivity index (χ1) is 7.20. The molecule has 0 amide bonds. The van der Waals surface area contributed by atoms with Crippen molar-refractivity contribution in [3.8, 4) is 11.1 Å². The standard InChI is InChI=1S/C11H9FN2O/c12-8-4-1-5-9(13)10(8)7-3-2-6-14-11(7)15/h1-6H,13H2,(H,14,15). The molecule has 0 radical (unpaired) electrons. The highest BCUT2D eigenvalue weighted by Crippen LogP contribution is 2.25. The zero-order valence-electron chi connectivity index (χ0n) is 7.83. The zero-order valence-corrected chi connectivity index (χ0v) is 7.83. The van der Waals surface area contributed by atoms with Crippen molar-refractivity contribution in [3.63, 3.8) is 0 Å². The molecular formula is C11H9FN2O. The molecule has 0 bridgehead atoms. The van der Waals surface area contributed by atoms with E-state index in [0.717, 1.165) is 0 Å². The van der Waals surface area contributed by atoms with Crippen LogP contribution in [0.4, 0.5) is 10.1 Å². The van der Waals surface area contributed by atoms with Gasteiger partial charge in [-0.25, -0.2) is 4.39 Å². The van der Waals surface area contributed by atoms with E-state index < -0.39 is 5.82 Å². The number of pyridine rings is 1. The summed E-state index contributed by atoms with van der Waals surface area (Å²) in [6, 6.07) is 7.50. The fourth-order valence-electron chi connectivity index (χ4n) is 1.44. The molecule has 3 nitrogen and oxygen atoms in total. The van der Waals surface area contributed by atoms with E-state index in [-0.39, 0.29) is 22.4 Å². The third-order valence-corrected chi connectivity index (χ3v) is 2.13. The Balaban J connectivity index is 2.75. The highest BCUT2D eigenvalue weighted by Gasteiger charge is 2.11. The van der Waals surface area contributed by atoms with Crippen LogP contribution in [-0.2, 0) is 0 Å². The number of H-pyrrole nitrogens is 1. The number of aromatic nitrogens is 1. The molecule has 0 fully saturated rings. The van der Waals surface area contributed by atoms with E-state index in [1.54, 1.807) is 12.1 Å². The van der Waals surface area contributed by atoms with Crippen LogP contribution in [0.3, 0.4) is 0 Å². The highest BCUT2D eigenvalue weighted by atomic mass is 19.1. The molecule has 1 heterocycles. The van der Waals surface area contributed by atoms with Crippen molar-refractivity contribution in [3.05, 3.63) is 52.7 Å². The van der Waals surface area contributed by atoms with Gasteiger partial charge in [-0.05, 0) is 24.3 Å². The maximum absolute atomic E-state index is 13.5. The van der Waals surface area contributed by atoms with Gasteiger partial charge < -0.3 is 10.7 Å². The van der Waals surface area contributed by atoms with Crippen molar-refractivity contribution < 1.29 is 4.39 Å². The molecule has 0 aliphatic heterocycles. The normalized spacial score (nSPS) is 10.2. The summed E-state index contributed by atoms with van der Waals surface area (Å²) in [7, 11) is 0. The van der Waals surface area contributed by atoms with E-state index in [0.29, 0.717) is 0 Å². The summed E-state index contributed by atoms with van der Waals surface area (Å²) in [6.45, 7) is 0. The van der Waals surface area contributed by atoms with Gasteiger partial charge in [-0.15, -0.1) is 0 Å². The van der Waals surface area contributed by atoms with Crippen molar-refractivity contribution in [2.45, 2.75) is 0 Å². The lowest BCUT2D eigenvalue weighted by molar-refractivity contribution is 0.631. The first kappa shape index (κ1) is 9.45. The average Bonchev–Trinajstić information content (AvgIpc) is 2.20. The summed E-state index contributed by atoms with van der Waals surface area (Å²) in [5, 5.41) is 0. The van der Waals surface area contributed by atoms with Gasteiger partial charge in [0.25, 0.3) is 5.56 Å². The van der Waals surface area contributed by atoms with Crippen LogP contribution in [0.2, 0.25) is 0 Å². The molecule has 3 N–H and O–H groups in total. The largest absolute Gasteiger partial charge is 0.398 e. The lowest BCUT2D eigenvalue weighted by Crippen LogP contribution is -2.09. The Morgan fingerprint density at radius 3 is 2.67 bits per heavy atom. The fraction of sp³-hybridized carbons (Fsp3) is 0. The average molecular weight is 204 g/mol. The van der Waals surface area contributed by atoms with Gasteiger partial charge in [-0.1, -0.05) is 6.07 Å². The Morgan fingerprint density at radius 2 is 2.00 bits per heavy atom. The van der Waals surface area contributed by atoms with Gasteiger partial charge >= 0.3 is 0 Å². The van der Waals surface area contributed by atoms with Crippen LogP contribution in [0.1, 0.15) is 0 Å². The number of rotatable bonds is 1. The number of aromatic amines is 1. The molecule has 15 heavy (non-hydrogen) atoms. The Labute approximate surface area is 85.4 Å². The predicted molar refractivity (Wildman–Crippen MR) is 56.9 cm³/mol. The molecule has 1 aromatic carbocycles. The Kier molecular flexibility index (Phi) is 2.25. The first-order valence-corrected chi connectivity index (χ1v) is 4.42. The van der Waals surface area contributed by atoms with Gasteiger partial charge in [0.1, 0.15) is 5.82 Å². The maximum Gasteiger partial charge on any atom is 0.255 e. The van der Waals surface area contributed by atoms with Crippen LogP contribution in [-0.4, -0.2) is 4.98 Å². The molecule has 0 aliphatic rings. The maximum atomic E-state index is 13.5. The lowest BCUT2D eigenvalue weighted by Gasteiger charge is -2.05. The highest BCUT2D eigenvalue weighted by molar-refractivity contribution is 5.75. The summed E-state index contributed by atoms with van der Waals surface area (Å²) >= 11 is 0. The van der Waals surface area contributed by atoms with Gasteiger partial charge in [0.2, 0.25) is 0 Å². The van der Waals surface area contributed by atoms with E-state index in [1.165, 1.54) is 24.4 Å². The number of hydrogen-bond acceptors (Lipinski definition) is 2. The molecule has 0 unspecified atom stereocenters. The van der Waals surface area contributed by atoms with Crippen molar-refractivity contribution >= 4 is 5.69 Å². The van der Waals surface area contributed by atoms with E-state index in [4.69, 9.17) is 5.73 Å². The molecule has 0 atom stereocenters. The smallest absolute Gasteiger partial charge is 0.255 e. The molecule has 2 rings (SSSR count). The molecular weight excluding hydrogens is 195 g/mol. The molecule has 0 spiro atoms. The van der Waals surface area contributed by atoms with Crippen LogP contribution in [0, 0.1) is 5.82 Å². The van der Waals surface area contributed by atoms with E-state index in [1.807, 2.05) is 0 Å². The molecule has 0 saturated carbocycles. The number of benzene rings is 1. The second kappa shape index (κ2) is 3.57. The van der Waals surface area contributed by atoms with E-state index >= 15 is 0 Å². The third kappa shape index (κ3) is 1.61. The topological polar surface area (TPSA) is 58.9 Å². The third-order valence-electron chi connectivity index (χ3n) is 2.13. The van der Waals surface area contributed by atoms with Gasteiger partial charge in [0, 0.05) is 17.4 Å². The predicted octanol–water partition coefficient (Wildman–Crippen LogP) is 1.76. The van der Waals surface area contributed by atoms with Gasteiger partial charge in [0.05, 0.1) is 5.56 Å². The molecule has 1 aromatic heterocycles. The van der Waals surface area contributed by atoms with Crippen LogP contribution < -0.4 is 11.3 Å². The second-order valence-corrected chi connectivity index (χ2v) is 3.12. The van der Waals surface area contributed by atoms with Crippen LogP contribution in [0.25, 0.3) is 11.1 Å². The second-order valence-electron chi connectivity index (χ2n) is 3.12. The van der Waals surface area contributed by atoms with E-state index in [2.05, 4.69) is 4.98 Å². The number of nitrogen functional groups attached to an aromatic ring is 1. The fourth-order valence-corrected chi connectivity index (χ4v) is 1.44. The molecule has 0 saturated heterocycles. The number of anilines is 1. The molecule has 2 aromatic rings. The SMILES string of the molecule is Nc1cccc(F)c1-c1ccc[nH]c1=O. The summed E-state index contributed by atoms with van der Waals surface area (Å²) in [5.74, 6) is -0.494. The minimum atomic E-state index is -0.494. The minimum absolute atomic E-state index is 0.152. The number of halogens is 1. The van der Waals surface area contributed by atoms with Crippen molar-refractivity contribution in [1.29, 1.82) is 0 Å². The summed E-state index contributed by atoms with van der Waals surface area (Å²) in [4.78, 5) is 13.9. The Bertz CT molecular complexity index is 528. The quantitative estimate of drug-likeness (QED) is 0.695. The summed E-state index contributed by atoms with van der Waals surface area (Å²) in [5.41, 5.74) is 5.93.